The van der Waals surface area contributed by atoms with E-state index in [1.54, 1.807) is 19.3 Å². The molecule has 1 rings (SSSR count). The fourth-order valence-electron chi connectivity index (χ4n) is 0.893. The van der Waals surface area contributed by atoms with E-state index in [0.29, 0.717) is 5.71 Å². The minimum absolute atomic E-state index is 0.622. The van der Waals surface area contributed by atoms with E-state index < -0.39 is 0 Å². The van der Waals surface area contributed by atoms with Crippen LogP contribution in [0.1, 0.15) is 19.4 Å². The lowest BCUT2D eigenvalue weighted by Gasteiger charge is -1.97. The lowest BCUT2D eigenvalue weighted by Crippen LogP contribution is -1.92. The van der Waals surface area contributed by atoms with Crippen molar-refractivity contribution >= 4 is 11.8 Å². The molecule has 0 unspecified atom stereocenters. The van der Waals surface area contributed by atoms with Gasteiger partial charge in [0.25, 0.3) is 0 Å². The molecule has 0 fully saturated rings. The van der Waals surface area contributed by atoms with Gasteiger partial charge in [-0.2, -0.15) is 0 Å². The fraction of sp³-hybridized carbons (Fsp3) is 0.200. The van der Waals surface area contributed by atoms with Crippen molar-refractivity contribution in [2.45, 2.75) is 13.8 Å². The van der Waals surface area contributed by atoms with Crippen molar-refractivity contribution in [2.24, 2.45) is 5.16 Å². The Morgan fingerprint density at radius 3 is 2.54 bits per heavy atom. The van der Waals surface area contributed by atoms with Crippen LogP contribution in [0.2, 0.25) is 0 Å². The minimum atomic E-state index is 0.622. The maximum Gasteiger partial charge on any atom is 0.0794 e. The molecule has 0 atom stereocenters. The van der Waals surface area contributed by atoms with Crippen molar-refractivity contribution in [3.8, 4) is 0 Å². The summed E-state index contributed by atoms with van der Waals surface area (Å²) in [5.41, 5.74) is 2.61. The molecule has 13 heavy (non-hydrogen) atoms. The first kappa shape index (κ1) is 9.45. The molecular weight excluding hydrogens is 164 g/mol. The molecule has 0 amide bonds. The molecule has 0 aromatic carbocycles. The quantitative estimate of drug-likeness (QED) is 0.427. The molecular formula is C10H12N2O. The summed E-state index contributed by atoms with van der Waals surface area (Å²) < 4.78 is 0. The number of allylic oxidation sites excluding steroid dienone is 1. The van der Waals surface area contributed by atoms with Crippen molar-refractivity contribution in [2.75, 3.05) is 0 Å². The summed E-state index contributed by atoms with van der Waals surface area (Å²) in [5.74, 6) is 0. The van der Waals surface area contributed by atoms with Gasteiger partial charge in [0.1, 0.15) is 0 Å². The SMILES string of the molecule is CC(=C\c1ccncc1)/C(C)=N/O. The summed E-state index contributed by atoms with van der Waals surface area (Å²) in [7, 11) is 0. The van der Waals surface area contributed by atoms with E-state index in [2.05, 4.69) is 10.1 Å². The van der Waals surface area contributed by atoms with Crippen LogP contribution in [-0.2, 0) is 0 Å². The van der Waals surface area contributed by atoms with Crippen molar-refractivity contribution < 1.29 is 5.21 Å². The molecule has 0 aliphatic carbocycles. The molecule has 0 saturated heterocycles. The van der Waals surface area contributed by atoms with Crippen LogP contribution in [0.3, 0.4) is 0 Å². The highest BCUT2D eigenvalue weighted by molar-refractivity contribution is 6.01. The Labute approximate surface area is 77.4 Å². The van der Waals surface area contributed by atoms with Crippen molar-refractivity contribution in [3.05, 3.63) is 35.7 Å². The van der Waals surface area contributed by atoms with E-state index >= 15 is 0 Å². The highest BCUT2D eigenvalue weighted by atomic mass is 16.4. The molecule has 0 aliphatic heterocycles. The van der Waals surface area contributed by atoms with Gasteiger partial charge >= 0.3 is 0 Å². The largest absolute Gasteiger partial charge is 0.411 e. The van der Waals surface area contributed by atoms with Gasteiger partial charge in [0, 0.05) is 12.4 Å². The van der Waals surface area contributed by atoms with Crippen molar-refractivity contribution in [1.82, 2.24) is 4.98 Å². The Bertz CT molecular complexity index is 328. The second-order valence-electron chi connectivity index (χ2n) is 2.79. The van der Waals surface area contributed by atoms with Crippen LogP contribution in [0.25, 0.3) is 6.08 Å². The maximum absolute atomic E-state index is 8.52. The zero-order valence-corrected chi connectivity index (χ0v) is 7.73. The maximum atomic E-state index is 8.52. The Balaban J connectivity index is 2.89. The van der Waals surface area contributed by atoms with Gasteiger partial charge in [0.15, 0.2) is 0 Å². The standard InChI is InChI=1S/C10H12N2O/c1-8(9(2)12-13)7-10-3-5-11-6-4-10/h3-7,13H,1-2H3/b8-7+,12-9+. The van der Waals surface area contributed by atoms with Gasteiger partial charge in [0.05, 0.1) is 5.71 Å². The van der Waals surface area contributed by atoms with E-state index in [4.69, 9.17) is 5.21 Å². The number of nitrogens with zero attached hydrogens (tertiary/aromatic N) is 2. The summed E-state index contributed by atoms with van der Waals surface area (Å²) in [6.07, 6.45) is 5.39. The van der Waals surface area contributed by atoms with E-state index in [9.17, 15) is 0 Å². The van der Waals surface area contributed by atoms with Crippen LogP contribution in [0.4, 0.5) is 0 Å². The van der Waals surface area contributed by atoms with Crippen LogP contribution in [-0.4, -0.2) is 15.9 Å². The average Bonchev–Trinajstić information content (AvgIpc) is 2.18. The third-order valence-corrected chi connectivity index (χ3v) is 1.81. The molecule has 0 spiro atoms. The molecule has 1 aromatic heterocycles. The normalized spacial score (nSPS) is 13.1. The molecule has 0 aliphatic rings. The van der Waals surface area contributed by atoms with Crippen LogP contribution < -0.4 is 0 Å². The Kier molecular flexibility index (Phi) is 3.20. The molecule has 1 aromatic rings. The van der Waals surface area contributed by atoms with E-state index in [0.717, 1.165) is 11.1 Å². The Morgan fingerprint density at radius 2 is 2.00 bits per heavy atom. The van der Waals surface area contributed by atoms with Gasteiger partial charge in [-0.15, -0.1) is 0 Å². The lowest BCUT2D eigenvalue weighted by molar-refractivity contribution is 0.319. The number of oxime groups is 1. The Hall–Kier alpha value is -1.64. The fourth-order valence-corrected chi connectivity index (χ4v) is 0.893. The number of hydrogen-bond acceptors (Lipinski definition) is 3. The second kappa shape index (κ2) is 4.40. The van der Waals surface area contributed by atoms with Gasteiger partial charge < -0.3 is 5.21 Å². The van der Waals surface area contributed by atoms with Crippen LogP contribution in [0.5, 0.6) is 0 Å². The first-order chi connectivity index (χ1) is 6.24. The summed E-state index contributed by atoms with van der Waals surface area (Å²) in [6, 6.07) is 3.79. The molecule has 0 saturated carbocycles. The van der Waals surface area contributed by atoms with E-state index in [1.807, 2.05) is 25.1 Å². The van der Waals surface area contributed by atoms with Crippen LogP contribution in [0.15, 0.2) is 35.3 Å². The predicted octanol–water partition coefficient (Wildman–Crippen LogP) is 2.33. The van der Waals surface area contributed by atoms with Crippen molar-refractivity contribution in [3.63, 3.8) is 0 Å². The topological polar surface area (TPSA) is 45.5 Å². The third-order valence-electron chi connectivity index (χ3n) is 1.81. The number of rotatable bonds is 2. The van der Waals surface area contributed by atoms with Gasteiger partial charge in [0.2, 0.25) is 0 Å². The van der Waals surface area contributed by atoms with Crippen LogP contribution in [0, 0.1) is 0 Å². The van der Waals surface area contributed by atoms with Gasteiger partial charge in [-0.1, -0.05) is 11.2 Å². The van der Waals surface area contributed by atoms with Gasteiger partial charge in [-0.3, -0.25) is 4.98 Å². The van der Waals surface area contributed by atoms with Crippen LogP contribution >= 0.6 is 0 Å². The summed E-state index contributed by atoms with van der Waals surface area (Å²) >= 11 is 0. The van der Waals surface area contributed by atoms with Gasteiger partial charge in [-0.25, -0.2) is 0 Å². The minimum Gasteiger partial charge on any atom is -0.411 e. The first-order valence-electron chi connectivity index (χ1n) is 4.01. The zero-order chi connectivity index (χ0) is 9.68. The molecule has 3 nitrogen and oxygen atoms in total. The summed E-state index contributed by atoms with van der Waals surface area (Å²) in [6.45, 7) is 3.66. The predicted molar refractivity (Wildman–Crippen MR) is 52.8 cm³/mol. The first-order valence-corrected chi connectivity index (χ1v) is 4.01. The highest BCUT2D eigenvalue weighted by Gasteiger charge is 1.94. The molecule has 0 bridgehead atoms. The monoisotopic (exact) mass is 176 g/mol. The third kappa shape index (κ3) is 2.71. The second-order valence-corrected chi connectivity index (χ2v) is 2.79. The van der Waals surface area contributed by atoms with E-state index in [1.165, 1.54) is 0 Å². The number of aromatic nitrogens is 1. The van der Waals surface area contributed by atoms with E-state index in [-0.39, 0.29) is 0 Å². The average molecular weight is 176 g/mol. The molecule has 68 valence electrons. The highest BCUT2D eigenvalue weighted by Crippen LogP contribution is 2.06. The van der Waals surface area contributed by atoms with Crippen molar-refractivity contribution in [1.29, 1.82) is 0 Å². The smallest absolute Gasteiger partial charge is 0.0794 e. The number of hydrogen-bond donors (Lipinski definition) is 1. The summed E-state index contributed by atoms with van der Waals surface area (Å²) in [5, 5.41) is 11.6. The number of pyridine rings is 1. The molecule has 0 radical (unpaired) electrons. The molecule has 1 N–H and O–H groups in total. The molecule has 1 heterocycles. The zero-order valence-electron chi connectivity index (χ0n) is 7.73. The Morgan fingerprint density at radius 1 is 1.38 bits per heavy atom. The summed E-state index contributed by atoms with van der Waals surface area (Å²) in [4.78, 5) is 3.91. The van der Waals surface area contributed by atoms with Gasteiger partial charge in [-0.05, 0) is 37.1 Å². The molecule has 3 heteroatoms. The lowest BCUT2D eigenvalue weighted by atomic mass is 10.1.